The summed E-state index contributed by atoms with van der Waals surface area (Å²) in [5, 5.41) is 0. The van der Waals surface area contributed by atoms with Crippen molar-refractivity contribution in [2.75, 3.05) is 18.5 Å². The maximum Gasteiger partial charge on any atom is 0.129 e. The third-order valence-corrected chi connectivity index (χ3v) is 4.12. The van der Waals surface area contributed by atoms with Crippen LogP contribution in [-0.4, -0.2) is 13.6 Å². The summed E-state index contributed by atoms with van der Waals surface area (Å²) in [4.78, 5) is 2.03. The van der Waals surface area contributed by atoms with Gasteiger partial charge in [-0.05, 0) is 49.2 Å². The van der Waals surface area contributed by atoms with Gasteiger partial charge >= 0.3 is 0 Å². The molecule has 0 saturated carbocycles. The lowest BCUT2D eigenvalue weighted by atomic mass is 10.0. The number of hydrogen-bond acceptors (Lipinski definition) is 2. The minimum Gasteiger partial charge on any atom is -0.366 e. The molecule has 2 nitrogen and oxygen atoms in total. The molecule has 0 bridgehead atoms. The maximum atomic E-state index is 14.2. The average molecular weight is 351 g/mol. The van der Waals surface area contributed by atoms with E-state index in [-0.39, 0.29) is 11.9 Å². The van der Waals surface area contributed by atoms with Crippen molar-refractivity contribution in [3.8, 4) is 0 Å². The first-order valence-electron chi connectivity index (χ1n) is 6.88. The number of anilines is 1. The van der Waals surface area contributed by atoms with Crippen LogP contribution in [0, 0.1) is 19.7 Å². The molecule has 2 N–H and O–H groups in total. The summed E-state index contributed by atoms with van der Waals surface area (Å²) in [5.74, 6) is -0.240. The van der Waals surface area contributed by atoms with E-state index in [4.69, 9.17) is 5.73 Å². The summed E-state index contributed by atoms with van der Waals surface area (Å²) in [6.07, 6.45) is 0. The largest absolute Gasteiger partial charge is 0.366 e. The van der Waals surface area contributed by atoms with Gasteiger partial charge in [-0.25, -0.2) is 4.39 Å². The lowest BCUT2D eigenvalue weighted by Crippen LogP contribution is -2.31. The smallest absolute Gasteiger partial charge is 0.129 e. The van der Waals surface area contributed by atoms with Gasteiger partial charge < -0.3 is 10.6 Å². The number of likely N-dealkylation sites (N-methyl/N-ethyl adjacent to an activating group) is 1. The summed E-state index contributed by atoms with van der Waals surface area (Å²) in [6, 6.07) is 11.2. The van der Waals surface area contributed by atoms with Gasteiger partial charge in [0.05, 0.1) is 6.04 Å². The number of aryl methyl sites for hydroxylation is 2. The minimum atomic E-state index is -0.240. The van der Waals surface area contributed by atoms with Gasteiger partial charge in [0, 0.05) is 29.3 Å². The molecule has 0 heterocycles. The van der Waals surface area contributed by atoms with Crippen LogP contribution in [0.25, 0.3) is 0 Å². The molecule has 1 atom stereocenters. The molecule has 0 aromatic heterocycles. The van der Waals surface area contributed by atoms with Crippen molar-refractivity contribution in [3.63, 3.8) is 0 Å². The summed E-state index contributed by atoms with van der Waals surface area (Å²) in [6.45, 7) is 4.46. The van der Waals surface area contributed by atoms with E-state index in [1.165, 1.54) is 17.2 Å². The molecule has 0 amide bonds. The number of halogens is 2. The highest BCUT2D eigenvalue weighted by Crippen LogP contribution is 2.29. The second kappa shape index (κ2) is 6.58. The van der Waals surface area contributed by atoms with Crippen molar-refractivity contribution >= 4 is 21.6 Å². The van der Waals surface area contributed by atoms with E-state index in [9.17, 15) is 4.39 Å². The summed E-state index contributed by atoms with van der Waals surface area (Å²) < 4.78 is 14.9. The van der Waals surface area contributed by atoms with Gasteiger partial charge in [-0.2, -0.15) is 0 Å². The number of hydrogen-bond donors (Lipinski definition) is 1. The number of nitrogens with zero attached hydrogens (tertiary/aromatic N) is 1. The molecular formula is C17H20BrFN2. The van der Waals surface area contributed by atoms with E-state index >= 15 is 0 Å². The Labute approximate surface area is 133 Å². The van der Waals surface area contributed by atoms with Crippen molar-refractivity contribution < 1.29 is 4.39 Å². The summed E-state index contributed by atoms with van der Waals surface area (Å²) in [7, 11) is 1.95. The molecule has 2 rings (SSSR count). The first-order valence-corrected chi connectivity index (χ1v) is 7.68. The van der Waals surface area contributed by atoms with E-state index in [1.54, 1.807) is 6.07 Å². The van der Waals surface area contributed by atoms with Gasteiger partial charge in [-0.3, -0.25) is 0 Å². The van der Waals surface area contributed by atoms with Gasteiger partial charge in [0.15, 0.2) is 0 Å². The molecule has 112 valence electrons. The van der Waals surface area contributed by atoms with Crippen LogP contribution in [-0.2, 0) is 0 Å². The molecule has 0 aliphatic carbocycles. The summed E-state index contributed by atoms with van der Waals surface area (Å²) in [5.41, 5.74) is 9.93. The number of rotatable bonds is 4. The zero-order valence-corrected chi connectivity index (χ0v) is 14.1. The lowest BCUT2D eigenvalue weighted by molar-refractivity contribution is 0.572. The lowest BCUT2D eigenvalue weighted by Gasteiger charge is -2.30. The van der Waals surface area contributed by atoms with Crippen LogP contribution in [0.4, 0.5) is 10.1 Å². The number of benzene rings is 2. The molecule has 0 saturated heterocycles. The van der Waals surface area contributed by atoms with E-state index < -0.39 is 0 Å². The van der Waals surface area contributed by atoms with Crippen molar-refractivity contribution in [3.05, 3.63) is 63.4 Å². The Balaban J connectivity index is 2.40. The standard InChI is InChI=1S/C17H20BrFN2/c1-11-6-12(2)8-14(7-11)21(3)17(10-20)15-5-4-13(18)9-16(15)19/h4-9,17H,10,20H2,1-3H3. The Morgan fingerprint density at radius 2 is 1.76 bits per heavy atom. The van der Waals surface area contributed by atoms with Crippen molar-refractivity contribution in [1.82, 2.24) is 0 Å². The molecule has 1 unspecified atom stereocenters. The van der Waals surface area contributed by atoms with Crippen LogP contribution in [0.3, 0.4) is 0 Å². The summed E-state index contributed by atoms with van der Waals surface area (Å²) >= 11 is 3.28. The van der Waals surface area contributed by atoms with E-state index in [2.05, 4.69) is 48.0 Å². The SMILES string of the molecule is Cc1cc(C)cc(N(C)C(CN)c2ccc(Br)cc2F)c1. The number of nitrogens with two attached hydrogens (primary N) is 1. The topological polar surface area (TPSA) is 29.3 Å². The van der Waals surface area contributed by atoms with E-state index in [1.807, 2.05) is 18.0 Å². The van der Waals surface area contributed by atoms with Crippen LogP contribution >= 0.6 is 15.9 Å². The highest BCUT2D eigenvalue weighted by atomic mass is 79.9. The highest BCUT2D eigenvalue weighted by molar-refractivity contribution is 9.10. The third-order valence-electron chi connectivity index (χ3n) is 3.63. The Bertz CT molecular complexity index is 622. The zero-order chi connectivity index (χ0) is 15.6. The van der Waals surface area contributed by atoms with E-state index in [0.29, 0.717) is 12.1 Å². The van der Waals surface area contributed by atoms with Crippen LogP contribution < -0.4 is 10.6 Å². The fourth-order valence-electron chi connectivity index (χ4n) is 2.60. The molecule has 0 radical (unpaired) electrons. The van der Waals surface area contributed by atoms with Crippen molar-refractivity contribution in [2.24, 2.45) is 5.73 Å². The minimum absolute atomic E-state index is 0.195. The van der Waals surface area contributed by atoms with Crippen molar-refractivity contribution in [1.29, 1.82) is 0 Å². The third kappa shape index (κ3) is 3.63. The molecule has 0 aliphatic rings. The maximum absolute atomic E-state index is 14.2. The van der Waals surface area contributed by atoms with Gasteiger partial charge in [0.1, 0.15) is 5.82 Å². The monoisotopic (exact) mass is 350 g/mol. The van der Waals surface area contributed by atoms with Gasteiger partial charge in [-0.15, -0.1) is 0 Å². The molecule has 2 aromatic carbocycles. The molecule has 0 aliphatic heterocycles. The quantitative estimate of drug-likeness (QED) is 0.888. The Morgan fingerprint density at radius 1 is 1.14 bits per heavy atom. The first kappa shape index (κ1) is 16.0. The second-order valence-electron chi connectivity index (χ2n) is 5.37. The molecule has 21 heavy (non-hydrogen) atoms. The fourth-order valence-corrected chi connectivity index (χ4v) is 2.93. The van der Waals surface area contributed by atoms with Crippen LogP contribution in [0.15, 0.2) is 40.9 Å². The first-order chi connectivity index (χ1) is 9.92. The van der Waals surface area contributed by atoms with Gasteiger partial charge in [-0.1, -0.05) is 28.1 Å². The molecular weight excluding hydrogens is 331 g/mol. The predicted octanol–water partition coefficient (Wildman–Crippen LogP) is 4.34. The normalized spacial score (nSPS) is 12.3. The predicted molar refractivity (Wildman–Crippen MR) is 90.2 cm³/mol. The average Bonchev–Trinajstić information content (AvgIpc) is 2.40. The van der Waals surface area contributed by atoms with Gasteiger partial charge in [0.2, 0.25) is 0 Å². The van der Waals surface area contributed by atoms with E-state index in [0.717, 1.165) is 10.2 Å². The Hall–Kier alpha value is -1.39. The molecule has 2 aromatic rings. The molecule has 0 fully saturated rings. The molecule has 0 spiro atoms. The van der Waals surface area contributed by atoms with Crippen LogP contribution in [0.5, 0.6) is 0 Å². The molecule has 4 heteroatoms. The van der Waals surface area contributed by atoms with Crippen LogP contribution in [0.1, 0.15) is 22.7 Å². The zero-order valence-electron chi connectivity index (χ0n) is 12.5. The van der Waals surface area contributed by atoms with Gasteiger partial charge in [0.25, 0.3) is 0 Å². The van der Waals surface area contributed by atoms with Crippen LogP contribution in [0.2, 0.25) is 0 Å². The Morgan fingerprint density at radius 3 is 2.29 bits per heavy atom. The highest BCUT2D eigenvalue weighted by Gasteiger charge is 2.20. The van der Waals surface area contributed by atoms with Crippen molar-refractivity contribution in [2.45, 2.75) is 19.9 Å². The fraction of sp³-hybridized carbons (Fsp3) is 0.294. The Kier molecular flexibility index (Phi) is 5.01. The second-order valence-corrected chi connectivity index (χ2v) is 6.29.